The van der Waals surface area contributed by atoms with Crippen LogP contribution in [-0.2, 0) is 4.79 Å². The molecule has 2 rings (SSSR count). The number of carbonyl (C=O) groups excluding carboxylic acids is 3. The zero-order valence-corrected chi connectivity index (χ0v) is 14.7. The monoisotopic (exact) mass is 388 g/mol. The first-order valence-electron chi connectivity index (χ1n) is 8.17. The molecule has 28 heavy (non-hydrogen) atoms. The molecule has 0 spiro atoms. The Morgan fingerprint density at radius 1 is 0.893 bits per heavy atom. The number of benzene rings is 2. The van der Waals surface area contributed by atoms with E-state index in [0.717, 1.165) is 12.1 Å². The molecule has 0 saturated heterocycles. The molecule has 7 nitrogen and oxygen atoms in total. The van der Waals surface area contributed by atoms with Crippen molar-refractivity contribution in [3.05, 3.63) is 72.3 Å². The first kappa shape index (κ1) is 20.6. The van der Waals surface area contributed by atoms with Gasteiger partial charge in [0, 0.05) is 29.5 Å². The molecule has 4 amide bonds. The summed E-state index contributed by atoms with van der Waals surface area (Å²) in [4.78, 5) is 35.3. The first-order chi connectivity index (χ1) is 13.4. The Balaban J connectivity index is 1.83. The molecule has 0 heterocycles. The normalized spacial score (nSPS) is 9.93. The quantitative estimate of drug-likeness (QED) is 0.549. The Hall–Kier alpha value is -3.75. The van der Waals surface area contributed by atoms with Crippen molar-refractivity contribution in [3.8, 4) is 0 Å². The Labute approximate surface area is 159 Å². The van der Waals surface area contributed by atoms with Gasteiger partial charge in [-0.3, -0.25) is 9.59 Å². The van der Waals surface area contributed by atoms with E-state index >= 15 is 0 Å². The maximum Gasteiger partial charge on any atom is 0.319 e. The Bertz CT molecular complexity index is 865. The van der Waals surface area contributed by atoms with Crippen LogP contribution in [0.25, 0.3) is 0 Å². The summed E-state index contributed by atoms with van der Waals surface area (Å²) >= 11 is 0. The summed E-state index contributed by atoms with van der Waals surface area (Å²) in [5, 5.41) is 9.96. The number of urea groups is 1. The molecule has 0 radical (unpaired) electrons. The van der Waals surface area contributed by atoms with Crippen LogP contribution < -0.4 is 21.3 Å². The Morgan fingerprint density at radius 3 is 2.04 bits per heavy atom. The summed E-state index contributed by atoms with van der Waals surface area (Å²) in [6, 6.07) is 8.27. The van der Waals surface area contributed by atoms with E-state index < -0.39 is 29.5 Å². The van der Waals surface area contributed by atoms with Crippen LogP contribution in [0.4, 0.5) is 25.0 Å². The number of hydrogen-bond acceptors (Lipinski definition) is 3. The second-order valence-electron chi connectivity index (χ2n) is 5.59. The van der Waals surface area contributed by atoms with Crippen LogP contribution in [0, 0.1) is 11.6 Å². The van der Waals surface area contributed by atoms with Gasteiger partial charge in [0.2, 0.25) is 5.91 Å². The number of nitrogens with one attached hydrogen (secondary N) is 4. The van der Waals surface area contributed by atoms with E-state index in [-0.39, 0.29) is 12.1 Å². The SMILES string of the molecule is C=CCNC(=O)Nc1ccc(NC(=O)CNC(=O)c2cc(F)cc(F)c2)cc1. The van der Waals surface area contributed by atoms with Crippen molar-refractivity contribution in [1.29, 1.82) is 0 Å². The highest BCUT2D eigenvalue weighted by molar-refractivity contribution is 5.99. The highest BCUT2D eigenvalue weighted by Crippen LogP contribution is 2.13. The zero-order valence-electron chi connectivity index (χ0n) is 14.7. The molecular formula is C19H18F2N4O3. The lowest BCUT2D eigenvalue weighted by atomic mass is 10.2. The third-order valence-corrected chi connectivity index (χ3v) is 3.37. The second kappa shape index (κ2) is 9.81. The molecule has 0 aliphatic rings. The third kappa shape index (κ3) is 6.52. The lowest BCUT2D eigenvalue weighted by Gasteiger charge is -2.09. The van der Waals surface area contributed by atoms with Crippen LogP contribution in [-0.4, -0.2) is 30.9 Å². The van der Waals surface area contributed by atoms with E-state index in [2.05, 4.69) is 27.8 Å². The maximum absolute atomic E-state index is 13.1. The van der Waals surface area contributed by atoms with Crippen LogP contribution in [0.2, 0.25) is 0 Å². The van der Waals surface area contributed by atoms with E-state index in [0.29, 0.717) is 24.0 Å². The van der Waals surface area contributed by atoms with Gasteiger partial charge in [0.25, 0.3) is 5.91 Å². The summed E-state index contributed by atoms with van der Waals surface area (Å²) in [5.74, 6) is -3.09. The van der Waals surface area contributed by atoms with Gasteiger partial charge in [-0.2, -0.15) is 0 Å². The van der Waals surface area contributed by atoms with Gasteiger partial charge in [0.05, 0.1) is 6.54 Å². The fourth-order valence-corrected chi connectivity index (χ4v) is 2.13. The lowest BCUT2D eigenvalue weighted by molar-refractivity contribution is -0.115. The van der Waals surface area contributed by atoms with Gasteiger partial charge in [-0.25, -0.2) is 13.6 Å². The number of rotatable bonds is 7. The van der Waals surface area contributed by atoms with Crippen molar-refractivity contribution in [3.63, 3.8) is 0 Å². The lowest BCUT2D eigenvalue weighted by Crippen LogP contribution is -2.33. The molecule has 0 aliphatic heterocycles. The average molecular weight is 388 g/mol. The number of amides is 4. The molecule has 146 valence electrons. The van der Waals surface area contributed by atoms with Crippen molar-refractivity contribution in [2.24, 2.45) is 0 Å². The predicted octanol–water partition coefficient (Wildman–Crippen LogP) is 2.64. The standard InChI is InChI=1S/C19H18F2N4O3/c1-2-7-22-19(28)25-16-5-3-15(4-6-16)24-17(26)11-23-18(27)12-8-13(20)10-14(21)9-12/h2-6,8-10H,1,7,11H2,(H,23,27)(H,24,26)(H2,22,25,28). The van der Waals surface area contributed by atoms with E-state index in [1.807, 2.05) is 0 Å². The summed E-state index contributed by atoms with van der Waals surface area (Å²) < 4.78 is 26.2. The van der Waals surface area contributed by atoms with Crippen LogP contribution in [0.15, 0.2) is 55.1 Å². The molecule has 9 heteroatoms. The van der Waals surface area contributed by atoms with Gasteiger partial charge in [-0.15, -0.1) is 6.58 Å². The molecule has 0 fully saturated rings. The molecule has 2 aromatic carbocycles. The fourth-order valence-electron chi connectivity index (χ4n) is 2.13. The van der Waals surface area contributed by atoms with Crippen LogP contribution in [0.5, 0.6) is 0 Å². The van der Waals surface area contributed by atoms with Gasteiger partial charge < -0.3 is 21.3 Å². The summed E-state index contributed by atoms with van der Waals surface area (Å²) in [6.45, 7) is 3.43. The predicted molar refractivity (Wildman–Crippen MR) is 101 cm³/mol. The zero-order chi connectivity index (χ0) is 20.5. The highest BCUT2D eigenvalue weighted by Gasteiger charge is 2.11. The van der Waals surface area contributed by atoms with Crippen molar-refractivity contribution in [1.82, 2.24) is 10.6 Å². The van der Waals surface area contributed by atoms with Gasteiger partial charge >= 0.3 is 6.03 Å². The van der Waals surface area contributed by atoms with Crippen molar-refractivity contribution >= 4 is 29.2 Å². The molecule has 0 bridgehead atoms. The minimum atomic E-state index is -0.888. The number of anilines is 2. The van der Waals surface area contributed by atoms with Gasteiger partial charge in [0.15, 0.2) is 0 Å². The molecule has 0 saturated carbocycles. The van der Waals surface area contributed by atoms with Gasteiger partial charge in [0.1, 0.15) is 11.6 Å². The molecule has 0 aromatic heterocycles. The third-order valence-electron chi connectivity index (χ3n) is 3.37. The van der Waals surface area contributed by atoms with Crippen molar-refractivity contribution in [2.45, 2.75) is 0 Å². The average Bonchev–Trinajstić information content (AvgIpc) is 2.65. The minimum absolute atomic E-state index is 0.226. The molecule has 4 N–H and O–H groups in total. The molecule has 2 aromatic rings. The summed E-state index contributed by atoms with van der Waals surface area (Å²) in [5.41, 5.74) is 0.726. The summed E-state index contributed by atoms with van der Waals surface area (Å²) in [6.07, 6.45) is 1.54. The van der Waals surface area contributed by atoms with E-state index in [1.54, 1.807) is 30.3 Å². The first-order valence-corrected chi connectivity index (χ1v) is 8.17. The van der Waals surface area contributed by atoms with Crippen molar-refractivity contribution in [2.75, 3.05) is 23.7 Å². The number of hydrogen-bond donors (Lipinski definition) is 4. The number of halogens is 2. The maximum atomic E-state index is 13.1. The largest absolute Gasteiger partial charge is 0.343 e. The molecule has 0 aliphatic carbocycles. The minimum Gasteiger partial charge on any atom is -0.343 e. The molecular weight excluding hydrogens is 370 g/mol. The molecule has 0 unspecified atom stereocenters. The van der Waals surface area contributed by atoms with Gasteiger partial charge in [-0.05, 0) is 36.4 Å². The Kier molecular flexibility index (Phi) is 7.21. The van der Waals surface area contributed by atoms with E-state index in [9.17, 15) is 23.2 Å². The fraction of sp³-hybridized carbons (Fsp3) is 0.105. The molecule has 0 atom stereocenters. The summed E-state index contributed by atoms with van der Waals surface area (Å²) in [7, 11) is 0. The van der Waals surface area contributed by atoms with Crippen LogP contribution in [0.3, 0.4) is 0 Å². The van der Waals surface area contributed by atoms with Crippen LogP contribution in [0.1, 0.15) is 10.4 Å². The van der Waals surface area contributed by atoms with Gasteiger partial charge in [-0.1, -0.05) is 6.08 Å². The highest BCUT2D eigenvalue weighted by atomic mass is 19.1. The smallest absolute Gasteiger partial charge is 0.319 e. The van der Waals surface area contributed by atoms with Crippen LogP contribution >= 0.6 is 0 Å². The van der Waals surface area contributed by atoms with Crippen molar-refractivity contribution < 1.29 is 23.2 Å². The Morgan fingerprint density at radius 2 is 1.46 bits per heavy atom. The number of carbonyl (C=O) groups is 3. The topological polar surface area (TPSA) is 99.3 Å². The van der Waals surface area contributed by atoms with E-state index in [1.165, 1.54) is 0 Å². The van der Waals surface area contributed by atoms with E-state index in [4.69, 9.17) is 0 Å². The second-order valence-corrected chi connectivity index (χ2v) is 5.59.